The molecular weight excluding hydrogens is 205 g/mol. The van der Waals surface area contributed by atoms with E-state index in [2.05, 4.69) is 9.97 Å². The Labute approximate surface area is 83.8 Å². The SMILES string of the molecule is FC(F)(F)c1ccc(-c2ccccn2)[nH]1. The van der Waals surface area contributed by atoms with E-state index in [9.17, 15) is 13.2 Å². The molecule has 5 heteroatoms. The maximum atomic E-state index is 12.3. The second kappa shape index (κ2) is 3.42. The van der Waals surface area contributed by atoms with Crippen LogP contribution < -0.4 is 0 Å². The monoisotopic (exact) mass is 212 g/mol. The van der Waals surface area contributed by atoms with Crippen molar-refractivity contribution in [3.63, 3.8) is 0 Å². The molecule has 15 heavy (non-hydrogen) atoms. The lowest BCUT2D eigenvalue weighted by atomic mass is 10.3. The molecule has 0 bridgehead atoms. The molecule has 2 aromatic heterocycles. The van der Waals surface area contributed by atoms with Gasteiger partial charge in [-0.05, 0) is 24.3 Å². The van der Waals surface area contributed by atoms with Gasteiger partial charge in [-0.25, -0.2) is 0 Å². The van der Waals surface area contributed by atoms with Gasteiger partial charge < -0.3 is 4.98 Å². The maximum Gasteiger partial charge on any atom is 0.431 e. The Hall–Kier alpha value is -1.78. The molecule has 0 saturated carbocycles. The summed E-state index contributed by atoms with van der Waals surface area (Å²) in [5.74, 6) is 0. The summed E-state index contributed by atoms with van der Waals surface area (Å²) >= 11 is 0. The third-order valence-electron chi connectivity index (χ3n) is 1.93. The van der Waals surface area contributed by atoms with Gasteiger partial charge in [0, 0.05) is 6.20 Å². The number of alkyl halides is 3. The van der Waals surface area contributed by atoms with Gasteiger partial charge in [-0.1, -0.05) is 6.07 Å². The Bertz CT molecular complexity index is 445. The summed E-state index contributed by atoms with van der Waals surface area (Å²) in [7, 11) is 0. The number of hydrogen-bond acceptors (Lipinski definition) is 1. The predicted octanol–water partition coefficient (Wildman–Crippen LogP) is 3.10. The van der Waals surface area contributed by atoms with Gasteiger partial charge in [0.15, 0.2) is 0 Å². The van der Waals surface area contributed by atoms with Crippen LogP contribution in [0.4, 0.5) is 13.2 Å². The average Bonchev–Trinajstić information content (AvgIpc) is 2.67. The molecular formula is C10H7F3N2. The van der Waals surface area contributed by atoms with E-state index in [1.165, 1.54) is 12.3 Å². The summed E-state index contributed by atoms with van der Waals surface area (Å²) < 4.78 is 36.8. The normalized spacial score (nSPS) is 11.7. The van der Waals surface area contributed by atoms with Crippen molar-refractivity contribution in [2.45, 2.75) is 6.18 Å². The van der Waals surface area contributed by atoms with Crippen LogP contribution in [0.25, 0.3) is 11.4 Å². The fourth-order valence-electron chi connectivity index (χ4n) is 1.23. The van der Waals surface area contributed by atoms with E-state index in [1.54, 1.807) is 18.2 Å². The zero-order valence-electron chi connectivity index (χ0n) is 7.55. The summed E-state index contributed by atoms with van der Waals surface area (Å²) in [5.41, 5.74) is 0.0964. The highest BCUT2D eigenvalue weighted by Gasteiger charge is 2.32. The molecule has 2 heterocycles. The van der Waals surface area contributed by atoms with Crippen LogP contribution in [-0.2, 0) is 6.18 Å². The number of nitrogens with one attached hydrogen (secondary N) is 1. The predicted molar refractivity (Wildman–Crippen MR) is 49.0 cm³/mol. The minimum Gasteiger partial charge on any atom is -0.350 e. The molecule has 0 aliphatic rings. The van der Waals surface area contributed by atoms with Gasteiger partial charge in [0.2, 0.25) is 0 Å². The lowest BCUT2D eigenvalue weighted by Gasteiger charge is -2.02. The number of rotatable bonds is 1. The molecule has 0 saturated heterocycles. The first-order valence-electron chi connectivity index (χ1n) is 4.25. The van der Waals surface area contributed by atoms with Gasteiger partial charge in [0.1, 0.15) is 5.69 Å². The largest absolute Gasteiger partial charge is 0.431 e. The van der Waals surface area contributed by atoms with E-state index >= 15 is 0 Å². The van der Waals surface area contributed by atoms with E-state index in [-0.39, 0.29) is 0 Å². The fourth-order valence-corrected chi connectivity index (χ4v) is 1.23. The summed E-state index contributed by atoms with van der Waals surface area (Å²) in [6.45, 7) is 0. The van der Waals surface area contributed by atoms with Crippen LogP contribution in [0.3, 0.4) is 0 Å². The van der Waals surface area contributed by atoms with Crippen LogP contribution >= 0.6 is 0 Å². The van der Waals surface area contributed by atoms with Crippen LogP contribution in [0.15, 0.2) is 36.5 Å². The molecule has 2 nitrogen and oxygen atoms in total. The van der Waals surface area contributed by atoms with E-state index in [0.717, 1.165) is 6.07 Å². The van der Waals surface area contributed by atoms with Crippen LogP contribution in [0.2, 0.25) is 0 Å². The minimum absolute atomic E-state index is 0.364. The van der Waals surface area contributed by atoms with Crippen LogP contribution in [0, 0.1) is 0 Å². The molecule has 1 N–H and O–H groups in total. The molecule has 78 valence electrons. The number of nitrogens with zero attached hydrogens (tertiary/aromatic N) is 1. The lowest BCUT2D eigenvalue weighted by molar-refractivity contribution is -0.140. The van der Waals surface area contributed by atoms with Crippen molar-refractivity contribution in [1.29, 1.82) is 0 Å². The molecule has 2 aromatic rings. The quantitative estimate of drug-likeness (QED) is 0.773. The molecule has 0 spiro atoms. The van der Waals surface area contributed by atoms with Crippen LogP contribution in [0.1, 0.15) is 5.69 Å². The first kappa shape index (κ1) is 9.76. The van der Waals surface area contributed by atoms with Crippen molar-refractivity contribution in [1.82, 2.24) is 9.97 Å². The highest BCUT2D eigenvalue weighted by atomic mass is 19.4. The Balaban J connectivity index is 2.37. The van der Waals surface area contributed by atoms with E-state index in [0.29, 0.717) is 11.4 Å². The summed E-state index contributed by atoms with van der Waals surface area (Å²) in [6, 6.07) is 7.44. The zero-order chi connectivity index (χ0) is 10.9. The highest BCUT2D eigenvalue weighted by molar-refractivity contribution is 5.54. The maximum absolute atomic E-state index is 12.3. The lowest BCUT2D eigenvalue weighted by Crippen LogP contribution is -2.04. The third-order valence-corrected chi connectivity index (χ3v) is 1.93. The summed E-state index contributed by atoms with van der Waals surface area (Å²) in [5, 5.41) is 0. The van der Waals surface area contributed by atoms with Crippen molar-refractivity contribution in [2.24, 2.45) is 0 Å². The first-order valence-corrected chi connectivity index (χ1v) is 4.25. The van der Waals surface area contributed by atoms with E-state index in [4.69, 9.17) is 0 Å². The smallest absolute Gasteiger partial charge is 0.350 e. The molecule has 0 amide bonds. The van der Waals surface area contributed by atoms with E-state index < -0.39 is 11.9 Å². The second-order valence-electron chi connectivity index (χ2n) is 3.00. The Kier molecular flexibility index (Phi) is 2.22. The van der Waals surface area contributed by atoms with Gasteiger partial charge >= 0.3 is 6.18 Å². The number of H-pyrrole nitrogens is 1. The molecule has 0 aliphatic heterocycles. The Morgan fingerprint density at radius 3 is 2.40 bits per heavy atom. The standard InChI is InChI=1S/C10H7F3N2/c11-10(12,13)9-5-4-8(15-9)7-3-1-2-6-14-7/h1-6,15H. The van der Waals surface area contributed by atoms with Gasteiger partial charge in [0.25, 0.3) is 0 Å². The average molecular weight is 212 g/mol. The molecule has 0 radical (unpaired) electrons. The Morgan fingerprint density at radius 1 is 1.07 bits per heavy atom. The zero-order valence-corrected chi connectivity index (χ0v) is 7.55. The Morgan fingerprint density at radius 2 is 1.87 bits per heavy atom. The summed E-state index contributed by atoms with van der Waals surface area (Å²) in [6.07, 6.45) is -2.81. The third kappa shape index (κ3) is 2.01. The van der Waals surface area contributed by atoms with E-state index in [1.807, 2.05) is 0 Å². The van der Waals surface area contributed by atoms with Crippen LogP contribution in [-0.4, -0.2) is 9.97 Å². The number of halogens is 3. The highest BCUT2D eigenvalue weighted by Crippen LogP contribution is 2.30. The number of hydrogen-bond donors (Lipinski definition) is 1. The fraction of sp³-hybridized carbons (Fsp3) is 0.100. The first-order chi connectivity index (χ1) is 7.07. The summed E-state index contributed by atoms with van der Waals surface area (Å²) in [4.78, 5) is 6.23. The molecule has 0 unspecified atom stereocenters. The van der Waals surface area contributed by atoms with Crippen molar-refractivity contribution in [3.05, 3.63) is 42.2 Å². The van der Waals surface area contributed by atoms with Gasteiger partial charge in [-0.3, -0.25) is 4.98 Å². The number of pyridine rings is 1. The molecule has 0 fully saturated rings. The second-order valence-corrected chi connectivity index (χ2v) is 3.00. The molecule has 0 atom stereocenters. The van der Waals surface area contributed by atoms with Gasteiger partial charge in [0.05, 0.1) is 11.4 Å². The van der Waals surface area contributed by atoms with Crippen molar-refractivity contribution in [2.75, 3.05) is 0 Å². The topological polar surface area (TPSA) is 28.7 Å². The molecule has 0 aliphatic carbocycles. The molecule has 2 rings (SSSR count). The van der Waals surface area contributed by atoms with Crippen molar-refractivity contribution in [3.8, 4) is 11.4 Å². The van der Waals surface area contributed by atoms with Crippen molar-refractivity contribution < 1.29 is 13.2 Å². The number of aromatic amines is 1. The van der Waals surface area contributed by atoms with Gasteiger partial charge in [-0.15, -0.1) is 0 Å². The molecule has 0 aromatic carbocycles. The van der Waals surface area contributed by atoms with Crippen molar-refractivity contribution >= 4 is 0 Å². The minimum atomic E-state index is -4.34. The number of aromatic nitrogens is 2. The van der Waals surface area contributed by atoms with Crippen LogP contribution in [0.5, 0.6) is 0 Å². The van der Waals surface area contributed by atoms with Gasteiger partial charge in [-0.2, -0.15) is 13.2 Å².